The predicted octanol–water partition coefficient (Wildman–Crippen LogP) is 5.98. The van der Waals surface area contributed by atoms with E-state index in [1.165, 1.54) is 7.11 Å². The predicted molar refractivity (Wildman–Crippen MR) is 155 cm³/mol. The zero-order chi connectivity index (χ0) is 29.4. The van der Waals surface area contributed by atoms with Crippen LogP contribution >= 0.6 is 0 Å². The molecule has 1 aromatic heterocycles. The van der Waals surface area contributed by atoms with Crippen LogP contribution in [-0.2, 0) is 25.6 Å². The van der Waals surface area contributed by atoms with Crippen LogP contribution in [0, 0.1) is 0 Å². The van der Waals surface area contributed by atoms with Gasteiger partial charge in [-0.2, -0.15) is 0 Å². The largest absolute Gasteiger partial charge is 0.453 e. The summed E-state index contributed by atoms with van der Waals surface area (Å²) < 4.78 is 16.2. The van der Waals surface area contributed by atoms with Crippen LogP contribution < -0.4 is 16.0 Å². The summed E-state index contributed by atoms with van der Waals surface area (Å²) in [5, 5.41) is 8.48. The number of ether oxygens (including phenoxy) is 3. The monoisotopic (exact) mass is 558 g/mol. The van der Waals surface area contributed by atoms with Crippen molar-refractivity contribution in [3.05, 3.63) is 90.3 Å². The van der Waals surface area contributed by atoms with Gasteiger partial charge in [-0.25, -0.2) is 9.59 Å². The van der Waals surface area contributed by atoms with E-state index in [0.29, 0.717) is 29.1 Å². The first-order chi connectivity index (χ1) is 19.6. The number of anilines is 2. The van der Waals surface area contributed by atoms with Crippen molar-refractivity contribution in [1.82, 2.24) is 10.3 Å². The first-order valence-corrected chi connectivity index (χ1v) is 13.2. The summed E-state index contributed by atoms with van der Waals surface area (Å²) in [5.74, 6) is -0.403. The van der Waals surface area contributed by atoms with E-state index in [0.717, 1.165) is 11.1 Å². The molecule has 2 atom stereocenters. The number of carbonyl (C=O) groups excluding carboxylic acids is 3. The molecule has 0 fully saturated rings. The normalized spacial score (nSPS) is 16.7. The molecule has 0 saturated carbocycles. The van der Waals surface area contributed by atoms with Gasteiger partial charge in [-0.05, 0) is 62.6 Å². The van der Waals surface area contributed by atoms with Gasteiger partial charge < -0.3 is 24.8 Å². The Morgan fingerprint density at radius 3 is 2.56 bits per heavy atom. The highest BCUT2D eigenvalue weighted by atomic mass is 16.6. The fourth-order valence-electron chi connectivity index (χ4n) is 4.18. The van der Waals surface area contributed by atoms with Crippen molar-refractivity contribution in [3.63, 3.8) is 0 Å². The first-order valence-electron chi connectivity index (χ1n) is 13.2. The van der Waals surface area contributed by atoms with E-state index in [-0.39, 0.29) is 6.61 Å². The Labute approximate surface area is 239 Å². The number of hydrogen-bond donors (Lipinski definition) is 3. The molecule has 4 rings (SSSR count). The van der Waals surface area contributed by atoms with Gasteiger partial charge in [0.15, 0.2) is 6.10 Å². The highest BCUT2D eigenvalue weighted by molar-refractivity contribution is 6.00. The summed E-state index contributed by atoms with van der Waals surface area (Å²) >= 11 is 0. The molecule has 3 N–H and O–H groups in total. The van der Waals surface area contributed by atoms with Gasteiger partial charge in [0.25, 0.3) is 5.91 Å². The van der Waals surface area contributed by atoms with Gasteiger partial charge in [0.05, 0.1) is 31.1 Å². The molecule has 0 aliphatic carbocycles. The molecular formula is C31H34N4O6. The van der Waals surface area contributed by atoms with Crippen LogP contribution in [0.1, 0.15) is 44.5 Å². The minimum atomic E-state index is -0.951. The third kappa shape index (κ3) is 8.39. The number of hydrogen-bond acceptors (Lipinski definition) is 7. The van der Waals surface area contributed by atoms with E-state index in [1.54, 1.807) is 63.4 Å². The van der Waals surface area contributed by atoms with Crippen molar-refractivity contribution in [3.8, 4) is 11.1 Å². The summed E-state index contributed by atoms with van der Waals surface area (Å²) in [7, 11) is 1.27. The number of rotatable bonds is 5. The van der Waals surface area contributed by atoms with Crippen LogP contribution in [0.15, 0.2) is 79.0 Å². The highest BCUT2D eigenvalue weighted by Gasteiger charge is 2.24. The number of alkyl carbamates (subject to hydrolysis) is 1. The Hall–Kier alpha value is -4.70. The van der Waals surface area contributed by atoms with Gasteiger partial charge >= 0.3 is 12.2 Å². The van der Waals surface area contributed by atoms with Crippen molar-refractivity contribution in [2.24, 2.45) is 0 Å². The molecule has 10 nitrogen and oxygen atoms in total. The summed E-state index contributed by atoms with van der Waals surface area (Å²) in [6, 6.07) is 17.8. The fraction of sp³-hybridized carbons (Fsp3) is 0.290. The number of carbonyl (C=O) groups is 3. The van der Waals surface area contributed by atoms with Crippen LogP contribution in [-0.4, -0.2) is 41.9 Å². The third-order valence-electron chi connectivity index (χ3n) is 6.06. The smallest absolute Gasteiger partial charge is 0.411 e. The fourth-order valence-corrected chi connectivity index (χ4v) is 4.18. The number of aromatic nitrogens is 1. The topological polar surface area (TPSA) is 128 Å². The lowest BCUT2D eigenvalue weighted by atomic mass is 9.99. The van der Waals surface area contributed by atoms with Crippen molar-refractivity contribution in [2.45, 2.75) is 51.5 Å². The molecule has 2 aromatic carbocycles. The molecule has 2 heterocycles. The molecule has 214 valence electrons. The average Bonchev–Trinajstić information content (AvgIpc) is 2.93. The SMILES string of the molecule is COC(=O)Nc1ccc2c(c1)NC(=O)C(OCc1ccccc1)C=CC[C@H](NC(=O)OC(C)(C)C)c1cc-2ccn1. The van der Waals surface area contributed by atoms with Crippen molar-refractivity contribution < 1.29 is 28.6 Å². The zero-order valence-corrected chi connectivity index (χ0v) is 23.5. The number of pyridine rings is 1. The van der Waals surface area contributed by atoms with Gasteiger partial charge in [-0.15, -0.1) is 0 Å². The van der Waals surface area contributed by atoms with E-state index < -0.39 is 35.8 Å². The lowest BCUT2D eigenvalue weighted by Gasteiger charge is -2.24. The van der Waals surface area contributed by atoms with E-state index in [2.05, 4.69) is 20.9 Å². The van der Waals surface area contributed by atoms with Crippen molar-refractivity contribution in [2.75, 3.05) is 17.7 Å². The lowest BCUT2D eigenvalue weighted by Crippen LogP contribution is -2.35. The Bertz CT molecular complexity index is 1420. The second-order valence-corrected chi connectivity index (χ2v) is 10.4. The van der Waals surface area contributed by atoms with Crippen LogP contribution in [0.25, 0.3) is 11.1 Å². The molecule has 2 bridgehead atoms. The summed E-state index contributed by atoms with van der Waals surface area (Å²) in [4.78, 5) is 42.6. The number of nitrogens with zero attached hydrogens (tertiary/aromatic N) is 1. The molecule has 3 aromatic rings. The molecule has 41 heavy (non-hydrogen) atoms. The molecular weight excluding hydrogens is 524 g/mol. The molecule has 10 heteroatoms. The Morgan fingerprint density at radius 1 is 1.05 bits per heavy atom. The molecule has 0 saturated heterocycles. The first kappa shape index (κ1) is 29.3. The van der Waals surface area contributed by atoms with E-state index in [4.69, 9.17) is 14.2 Å². The van der Waals surface area contributed by atoms with Crippen LogP contribution in [0.4, 0.5) is 21.0 Å². The number of amides is 3. The quantitative estimate of drug-likeness (QED) is 0.329. The molecule has 0 spiro atoms. The Balaban J connectivity index is 1.73. The molecule has 1 aliphatic rings. The standard InChI is InChI=1S/C31H34N4O6/c1-31(2,3)41-30(38)35-24-11-8-12-27(40-19-20-9-6-5-7-10-20)28(36)34-25-18-22(33-29(37)39-4)13-14-23(25)21-15-16-32-26(24)17-21/h5-10,12-18,24,27H,11,19H2,1-4H3,(H,33,37)(H,34,36)(H,35,38)/t24-,27?/m0/s1. The van der Waals surface area contributed by atoms with Gasteiger partial charge in [0.1, 0.15) is 5.60 Å². The number of fused-ring (bicyclic) bond motifs is 4. The van der Waals surface area contributed by atoms with Gasteiger partial charge in [-0.3, -0.25) is 15.1 Å². The Kier molecular flexibility index (Phi) is 9.36. The van der Waals surface area contributed by atoms with E-state index in [9.17, 15) is 14.4 Å². The maximum absolute atomic E-state index is 13.5. The van der Waals surface area contributed by atoms with Crippen LogP contribution in [0.2, 0.25) is 0 Å². The van der Waals surface area contributed by atoms with Gasteiger partial charge in [0.2, 0.25) is 0 Å². The molecule has 0 radical (unpaired) electrons. The number of nitrogens with one attached hydrogen (secondary N) is 3. The van der Waals surface area contributed by atoms with Gasteiger partial charge in [0, 0.05) is 17.4 Å². The second kappa shape index (κ2) is 13.1. The summed E-state index contributed by atoms with van der Waals surface area (Å²) in [5.41, 5.74) is 3.14. The molecule has 1 aliphatic heterocycles. The summed E-state index contributed by atoms with van der Waals surface area (Å²) in [6.07, 6.45) is 3.24. The molecule has 3 amide bonds. The van der Waals surface area contributed by atoms with E-state index in [1.807, 2.05) is 36.4 Å². The van der Waals surface area contributed by atoms with Crippen molar-refractivity contribution in [1.29, 1.82) is 0 Å². The van der Waals surface area contributed by atoms with Crippen molar-refractivity contribution >= 4 is 29.5 Å². The number of benzene rings is 2. The average molecular weight is 559 g/mol. The van der Waals surface area contributed by atoms with Gasteiger partial charge in [-0.1, -0.05) is 48.6 Å². The summed E-state index contributed by atoms with van der Waals surface area (Å²) in [6.45, 7) is 5.58. The minimum Gasteiger partial charge on any atom is -0.453 e. The zero-order valence-electron chi connectivity index (χ0n) is 23.5. The Morgan fingerprint density at radius 2 is 1.83 bits per heavy atom. The maximum Gasteiger partial charge on any atom is 0.411 e. The van der Waals surface area contributed by atoms with E-state index >= 15 is 0 Å². The highest BCUT2D eigenvalue weighted by Crippen LogP contribution is 2.33. The minimum absolute atomic E-state index is 0.209. The van der Waals surface area contributed by atoms with Crippen LogP contribution in [0.5, 0.6) is 0 Å². The van der Waals surface area contributed by atoms with Crippen LogP contribution in [0.3, 0.4) is 0 Å². The number of methoxy groups -OCH3 is 1. The third-order valence-corrected chi connectivity index (χ3v) is 6.06. The maximum atomic E-state index is 13.5. The molecule has 1 unspecified atom stereocenters. The lowest BCUT2D eigenvalue weighted by molar-refractivity contribution is -0.125. The second-order valence-electron chi connectivity index (χ2n) is 10.4.